The largest absolute Gasteiger partial charge is 0.272 e. The lowest BCUT2D eigenvalue weighted by Gasteiger charge is -2.29. The van der Waals surface area contributed by atoms with Crippen LogP contribution in [0.4, 0.5) is 0 Å². The van der Waals surface area contributed by atoms with Crippen LogP contribution in [0.1, 0.15) is 27.2 Å². The summed E-state index contributed by atoms with van der Waals surface area (Å²) in [6.45, 7) is 6.69. The summed E-state index contributed by atoms with van der Waals surface area (Å²) in [5, 5.41) is 0.368. The predicted molar refractivity (Wildman–Crippen MR) is 56.9 cm³/mol. The van der Waals surface area contributed by atoms with Gasteiger partial charge in [0.2, 0.25) is 0 Å². The van der Waals surface area contributed by atoms with Crippen LogP contribution in [0.2, 0.25) is 5.04 Å². The first kappa shape index (κ1) is 10.7. The minimum absolute atomic E-state index is 0.368. The monoisotopic (exact) mass is 336 g/mol. The van der Waals surface area contributed by atoms with Crippen molar-refractivity contribution in [3.63, 3.8) is 0 Å². The summed E-state index contributed by atoms with van der Waals surface area (Å²) >= 11 is 10.9. The highest BCUT2D eigenvalue weighted by Crippen LogP contribution is 2.51. The molecule has 56 valence electrons. The Hall–Kier alpha value is 1.66. The summed E-state index contributed by atoms with van der Waals surface area (Å²) in [7, 11) is 0. The highest BCUT2D eigenvalue weighted by Gasteiger charge is 2.40. The molecule has 0 unspecified atom stereocenters. The van der Waals surface area contributed by atoms with Gasteiger partial charge in [0, 0.05) is 0 Å². The minimum atomic E-state index is -1.45. The third-order valence-corrected chi connectivity index (χ3v) is 13.2. The Morgan fingerprint density at radius 1 is 1.22 bits per heavy atom. The summed E-state index contributed by atoms with van der Waals surface area (Å²) in [6.07, 6.45) is 1.18. The molecule has 0 rings (SSSR count). The van der Waals surface area contributed by atoms with Gasteiger partial charge in [0.15, 0.2) is 0 Å². The smallest absolute Gasteiger partial charge is 0.0958 e. The van der Waals surface area contributed by atoms with Crippen molar-refractivity contribution in [3.8, 4) is 0 Å². The molecule has 0 nitrogen and oxygen atoms in total. The van der Waals surface area contributed by atoms with E-state index in [1.807, 2.05) is 0 Å². The van der Waals surface area contributed by atoms with Crippen molar-refractivity contribution in [2.45, 2.75) is 32.2 Å². The quantitative estimate of drug-likeness (QED) is 0.520. The molecular weight excluding hydrogens is 328 g/mol. The predicted octanol–water partition coefficient (Wildman–Crippen LogP) is 4.30. The average molecular weight is 339 g/mol. The van der Waals surface area contributed by atoms with Gasteiger partial charge in [0.05, 0.1) is 0 Å². The van der Waals surface area contributed by atoms with Crippen molar-refractivity contribution in [1.29, 1.82) is 0 Å². The topological polar surface area (TPSA) is 0 Å². The van der Waals surface area contributed by atoms with E-state index in [0.29, 0.717) is 5.04 Å². The van der Waals surface area contributed by atoms with E-state index in [9.17, 15) is 0 Å². The molecule has 0 aromatic carbocycles. The molecule has 0 N–H and O–H groups in total. The maximum atomic E-state index is 3.63. The number of hydrogen-bond donors (Lipinski definition) is 0. The fourth-order valence-corrected chi connectivity index (χ4v) is 3.12. The Bertz CT molecular complexity index is 94.9. The van der Waals surface area contributed by atoms with Crippen LogP contribution in [0.15, 0.2) is 0 Å². The molecule has 9 heavy (non-hydrogen) atoms. The van der Waals surface area contributed by atoms with Crippen LogP contribution in [0.3, 0.4) is 0 Å². The van der Waals surface area contributed by atoms with Crippen LogP contribution in [0.25, 0.3) is 0 Å². The highest BCUT2D eigenvalue weighted by molar-refractivity contribution is 9.72. The second-order valence-electron chi connectivity index (χ2n) is 2.74. The minimum Gasteiger partial charge on any atom is -0.0958 e. The van der Waals surface area contributed by atoms with E-state index in [2.05, 4.69) is 66.6 Å². The van der Waals surface area contributed by atoms with Crippen molar-refractivity contribution in [1.82, 2.24) is 0 Å². The van der Waals surface area contributed by atoms with Crippen LogP contribution in [0, 0.1) is 0 Å². The molecular formula is C5H11Br3Si. The summed E-state index contributed by atoms with van der Waals surface area (Å²) in [6, 6.07) is 0. The fraction of sp³-hybridized carbons (Fsp3) is 1.00. The first-order valence-corrected chi connectivity index (χ1v) is 11.6. The molecule has 0 atom stereocenters. The number of hydrogen-bond acceptors (Lipinski definition) is 0. The SMILES string of the molecule is CCC(C)(C)[Si](Br)(Br)Br. The zero-order valence-corrected chi connectivity index (χ0v) is 11.6. The Morgan fingerprint density at radius 3 is 1.56 bits per heavy atom. The zero-order valence-electron chi connectivity index (χ0n) is 5.84. The van der Waals surface area contributed by atoms with E-state index < -0.39 is 3.93 Å². The molecule has 0 aliphatic heterocycles. The van der Waals surface area contributed by atoms with Gasteiger partial charge in [0.1, 0.15) is 0 Å². The highest BCUT2D eigenvalue weighted by atomic mass is 80.0. The molecule has 0 saturated heterocycles. The molecule has 0 aliphatic carbocycles. The van der Waals surface area contributed by atoms with Crippen LogP contribution in [-0.2, 0) is 0 Å². The van der Waals surface area contributed by atoms with Crippen molar-refractivity contribution >= 4 is 49.8 Å². The van der Waals surface area contributed by atoms with Gasteiger partial charge in [0.25, 0.3) is 3.93 Å². The third kappa shape index (κ3) is 3.04. The standard InChI is InChI=1S/C5H11Br3Si/c1-4-5(2,3)9(6,7)8/h4H2,1-3H3. The second kappa shape index (κ2) is 3.37. The summed E-state index contributed by atoms with van der Waals surface area (Å²) in [5.74, 6) is 0. The van der Waals surface area contributed by atoms with E-state index >= 15 is 0 Å². The lowest BCUT2D eigenvalue weighted by atomic mass is 10.1. The van der Waals surface area contributed by atoms with Crippen molar-refractivity contribution in [2.24, 2.45) is 0 Å². The van der Waals surface area contributed by atoms with Gasteiger partial charge in [-0.05, 0) is 5.04 Å². The Kier molecular flexibility index (Phi) is 3.99. The van der Waals surface area contributed by atoms with Crippen LogP contribution >= 0.6 is 45.9 Å². The molecule has 0 aromatic heterocycles. The van der Waals surface area contributed by atoms with Crippen molar-refractivity contribution < 1.29 is 0 Å². The van der Waals surface area contributed by atoms with Gasteiger partial charge in [-0.2, -0.15) is 0 Å². The number of halogens is 3. The van der Waals surface area contributed by atoms with Crippen LogP contribution < -0.4 is 0 Å². The molecule has 0 radical (unpaired) electrons. The van der Waals surface area contributed by atoms with Crippen molar-refractivity contribution in [3.05, 3.63) is 0 Å². The Morgan fingerprint density at radius 2 is 1.56 bits per heavy atom. The molecule has 0 fully saturated rings. The molecule has 4 heteroatoms. The summed E-state index contributed by atoms with van der Waals surface area (Å²) < 4.78 is -1.45. The summed E-state index contributed by atoms with van der Waals surface area (Å²) in [4.78, 5) is 0. The zero-order chi connectivity index (χ0) is 7.71. The van der Waals surface area contributed by atoms with Crippen molar-refractivity contribution in [2.75, 3.05) is 0 Å². The first-order valence-electron chi connectivity index (χ1n) is 2.88. The maximum Gasteiger partial charge on any atom is 0.272 e. The molecule has 0 aromatic rings. The lowest BCUT2D eigenvalue weighted by molar-refractivity contribution is 0.647. The Balaban J connectivity index is 4.14. The van der Waals surface area contributed by atoms with Crippen LogP contribution in [0.5, 0.6) is 0 Å². The molecule has 0 heterocycles. The van der Waals surface area contributed by atoms with Gasteiger partial charge in [-0.3, -0.25) is 0 Å². The fourth-order valence-electron chi connectivity index (χ4n) is 0.200. The first-order chi connectivity index (χ1) is 3.81. The molecule has 0 aliphatic rings. The lowest BCUT2D eigenvalue weighted by Crippen LogP contribution is -2.24. The molecule has 0 bridgehead atoms. The van der Waals surface area contributed by atoms with E-state index in [1.54, 1.807) is 0 Å². The molecule has 0 amide bonds. The third-order valence-electron chi connectivity index (χ3n) is 1.65. The van der Waals surface area contributed by atoms with Gasteiger partial charge in [-0.25, -0.2) is 0 Å². The average Bonchev–Trinajstić information content (AvgIpc) is 1.64. The van der Waals surface area contributed by atoms with E-state index in [0.717, 1.165) is 0 Å². The van der Waals surface area contributed by atoms with E-state index in [4.69, 9.17) is 0 Å². The van der Waals surface area contributed by atoms with Gasteiger partial charge in [-0.1, -0.05) is 73.1 Å². The van der Waals surface area contributed by atoms with Gasteiger partial charge >= 0.3 is 0 Å². The second-order valence-corrected chi connectivity index (χ2v) is 25.4. The number of rotatable bonds is 2. The van der Waals surface area contributed by atoms with E-state index in [1.165, 1.54) is 6.42 Å². The Labute approximate surface area is 81.5 Å². The van der Waals surface area contributed by atoms with Gasteiger partial charge < -0.3 is 0 Å². The molecule has 0 saturated carbocycles. The van der Waals surface area contributed by atoms with E-state index in [-0.39, 0.29) is 0 Å². The normalized spacial score (nSPS) is 14.0. The van der Waals surface area contributed by atoms with Crippen LogP contribution in [-0.4, -0.2) is 3.93 Å². The molecule has 0 spiro atoms. The summed E-state index contributed by atoms with van der Waals surface area (Å²) in [5.41, 5.74) is 0. The maximum absolute atomic E-state index is 3.63. The van der Waals surface area contributed by atoms with Gasteiger partial charge in [-0.15, -0.1) is 0 Å².